The number of rotatable bonds is 7. The van der Waals surface area contributed by atoms with Crippen LogP contribution in [0.2, 0.25) is 0 Å². The molecule has 8 heteroatoms. The highest BCUT2D eigenvalue weighted by molar-refractivity contribution is 7.89. The molecule has 7 nitrogen and oxygen atoms in total. The molecule has 0 saturated carbocycles. The lowest BCUT2D eigenvalue weighted by atomic mass is 10.2. The summed E-state index contributed by atoms with van der Waals surface area (Å²) in [5.41, 5.74) is 0.440. The van der Waals surface area contributed by atoms with Crippen LogP contribution < -0.4 is 4.72 Å². The molecule has 1 aromatic carbocycles. The molecule has 0 radical (unpaired) electrons. The molecule has 1 unspecified atom stereocenters. The first-order valence-electron chi connectivity index (χ1n) is 8.25. The Morgan fingerprint density at radius 3 is 2.44 bits per heavy atom. The second-order valence-electron chi connectivity index (χ2n) is 6.46. The monoisotopic (exact) mass is 367 g/mol. The molecule has 2 rings (SSSR count). The summed E-state index contributed by atoms with van der Waals surface area (Å²) in [5.74, 6) is -0.408. The maximum Gasteiger partial charge on any atom is 0.241 e. The Labute approximate surface area is 149 Å². The van der Waals surface area contributed by atoms with E-state index in [0.29, 0.717) is 18.2 Å². The Bertz CT molecular complexity index is 731. The van der Waals surface area contributed by atoms with Gasteiger partial charge in [0.1, 0.15) is 0 Å². The molecule has 1 aromatic rings. The standard InChI is InChI=1S/C17H25N3O4S/c1-13(21)14-6-8-16(9-7-14)25(23,24)18-11-17(22)20(3)12-15-5-4-10-19(15)2/h6-9,15,18H,4-5,10-12H2,1-3H3. The summed E-state index contributed by atoms with van der Waals surface area (Å²) < 4.78 is 26.8. The molecule has 0 aromatic heterocycles. The summed E-state index contributed by atoms with van der Waals surface area (Å²) in [7, 11) is -0.0724. The summed E-state index contributed by atoms with van der Waals surface area (Å²) >= 11 is 0. The minimum absolute atomic E-state index is 0.0310. The number of sulfonamides is 1. The largest absolute Gasteiger partial charge is 0.343 e. The molecule has 1 atom stereocenters. The Kier molecular flexibility index (Phi) is 6.31. The number of hydrogen-bond acceptors (Lipinski definition) is 5. The zero-order chi connectivity index (χ0) is 18.6. The van der Waals surface area contributed by atoms with Crippen LogP contribution in [0, 0.1) is 0 Å². The molecule has 0 bridgehead atoms. The molecular formula is C17H25N3O4S. The number of nitrogens with one attached hydrogen (secondary N) is 1. The molecule has 0 aliphatic carbocycles. The van der Waals surface area contributed by atoms with Crippen LogP contribution in [0.3, 0.4) is 0 Å². The zero-order valence-corrected chi connectivity index (χ0v) is 15.7. The molecule has 1 fully saturated rings. The van der Waals surface area contributed by atoms with Crippen LogP contribution in [-0.4, -0.2) is 69.7 Å². The van der Waals surface area contributed by atoms with Crippen molar-refractivity contribution in [1.29, 1.82) is 0 Å². The molecule has 1 saturated heterocycles. The molecular weight excluding hydrogens is 342 g/mol. The number of likely N-dealkylation sites (tertiary alicyclic amines) is 1. The van der Waals surface area contributed by atoms with Gasteiger partial charge < -0.3 is 9.80 Å². The van der Waals surface area contributed by atoms with Crippen molar-refractivity contribution in [1.82, 2.24) is 14.5 Å². The van der Waals surface area contributed by atoms with Gasteiger partial charge >= 0.3 is 0 Å². The van der Waals surface area contributed by atoms with E-state index in [1.165, 1.54) is 31.2 Å². The summed E-state index contributed by atoms with van der Waals surface area (Å²) in [5, 5.41) is 0. The van der Waals surface area contributed by atoms with Crippen molar-refractivity contribution in [3.8, 4) is 0 Å². The van der Waals surface area contributed by atoms with Gasteiger partial charge in [-0.1, -0.05) is 12.1 Å². The van der Waals surface area contributed by atoms with Crippen molar-refractivity contribution in [2.45, 2.75) is 30.7 Å². The molecule has 0 spiro atoms. The van der Waals surface area contributed by atoms with E-state index < -0.39 is 10.0 Å². The third-order valence-electron chi connectivity index (χ3n) is 4.57. The van der Waals surface area contributed by atoms with Crippen molar-refractivity contribution < 1.29 is 18.0 Å². The molecule has 1 aliphatic rings. The van der Waals surface area contributed by atoms with Gasteiger partial charge in [0.15, 0.2) is 5.78 Å². The summed E-state index contributed by atoms with van der Waals surface area (Å²) in [4.78, 5) is 27.2. The normalized spacial score (nSPS) is 18.3. The molecule has 138 valence electrons. The van der Waals surface area contributed by atoms with Crippen LogP contribution >= 0.6 is 0 Å². The molecule has 1 amide bonds. The van der Waals surface area contributed by atoms with Gasteiger partial charge in [-0.05, 0) is 45.5 Å². The number of Topliss-reactive ketones (excluding diaryl/α,β-unsaturated/α-hetero) is 1. The average molecular weight is 367 g/mol. The fourth-order valence-electron chi connectivity index (χ4n) is 2.87. The first kappa shape index (κ1) is 19.6. The van der Waals surface area contributed by atoms with Crippen molar-refractivity contribution in [3.05, 3.63) is 29.8 Å². The maximum absolute atomic E-state index is 12.3. The highest BCUT2D eigenvalue weighted by Crippen LogP contribution is 2.15. The van der Waals surface area contributed by atoms with Gasteiger partial charge in [-0.15, -0.1) is 0 Å². The lowest BCUT2D eigenvalue weighted by Gasteiger charge is -2.26. The Hall–Kier alpha value is -1.77. The maximum atomic E-state index is 12.3. The first-order valence-corrected chi connectivity index (χ1v) is 9.74. The van der Waals surface area contributed by atoms with E-state index in [9.17, 15) is 18.0 Å². The third-order valence-corrected chi connectivity index (χ3v) is 5.98. The van der Waals surface area contributed by atoms with E-state index in [0.717, 1.165) is 19.4 Å². The number of ketones is 1. The molecule has 25 heavy (non-hydrogen) atoms. The fraction of sp³-hybridized carbons (Fsp3) is 0.529. The van der Waals surface area contributed by atoms with Crippen molar-refractivity contribution >= 4 is 21.7 Å². The highest BCUT2D eigenvalue weighted by atomic mass is 32.2. The van der Waals surface area contributed by atoms with Crippen LogP contribution in [-0.2, 0) is 14.8 Å². The van der Waals surface area contributed by atoms with E-state index >= 15 is 0 Å². The average Bonchev–Trinajstić information content (AvgIpc) is 2.97. The SMILES string of the molecule is CC(=O)c1ccc(S(=O)(=O)NCC(=O)N(C)CC2CCCN2C)cc1. The Morgan fingerprint density at radius 2 is 1.92 bits per heavy atom. The number of benzene rings is 1. The van der Waals surface area contributed by atoms with Gasteiger partial charge in [-0.3, -0.25) is 9.59 Å². The number of amides is 1. The number of carbonyl (C=O) groups excluding carboxylic acids is 2. The predicted molar refractivity (Wildman–Crippen MR) is 94.9 cm³/mol. The fourth-order valence-corrected chi connectivity index (χ4v) is 3.85. The van der Waals surface area contributed by atoms with E-state index in [-0.39, 0.29) is 23.1 Å². The van der Waals surface area contributed by atoms with Crippen LogP contribution in [0.5, 0.6) is 0 Å². The van der Waals surface area contributed by atoms with Gasteiger partial charge in [0.2, 0.25) is 15.9 Å². The second kappa shape index (κ2) is 8.07. The highest BCUT2D eigenvalue weighted by Gasteiger charge is 2.24. The number of carbonyl (C=O) groups is 2. The first-order chi connectivity index (χ1) is 11.7. The third kappa shape index (κ3) is 5.10. The van der Waals surface area contributed by atoms with E-state index in [2.05, 4.69) is 9.62 Å². The minimum Gasteiger partial charge on any atom is -0.343 e. The van der Waals surface area contributed by atoms with E-state index in [4.69, 9.17) is 0 Å². The second-order valence-corrected chi connectivity index (χ2v) is 8.22. The summed E-state index contributed by atoms with van der Waals surface area (Å²) in [6.07, 6.45) is 2.16. The zero-order valence-electron chi connectivity index (χ0n) is 14.9. The van der Waals surface area contributed by atoms with Crippen molar-refractivity contribution in [2.24, 2.45) is 0 Å². The topological polar surface area (TPSA) is 86.8 Å². The van der Waals surface area contributed by atoms with E-state index in [1.54, 1.807) is 11.9 Å². The van der Waals surface area contributed by atoms with Gasteiger partial charge in [0.25, 0.3) is 0 Å². The van der Waals surface area contributed by atoms with Gasteiger partial charge in [0.05, 0.1) is 11.4 Å². The van der Waals surface area contributed by atoms with Gasteiger partial charge in [-0.2, -0.15) is 0 Å². The number of hydrogen-bond donors (Lipinski definition) is 1. The van der Waals surface area contributed by atoms with Gasteiger partial charge in [0, 0.05) is 25.2 Å². The lowest BCUT2D eigenvalue weighted by Crippen LogP contribution is -2.43. The Morgan fingerprint density at radius 1 is 1.28 bits per heavy atom. The quantitative estimate of drug-likeness (QED) is 0.718. The molecule has 1 heterocycles. The molecule has 1 N–H and O–H groups in total. The van der Waals surface area contributed by atoms with Crippen LogP contribution in [0.1, 0.15) is 30.1 Å². The van der Waals surface area contributed by atoms with Crippen LogP contribution in [0.4, 0.5) is 0 Å². The smallest absolute Gasteiger partial charge is 0.241 e. The van der Waals surface area contributed by atoms with Crippen LogP contribution in [0.25, 0.3) is 0 Å². The van der Waals surface area contributed by atoms with Crippen LogP contribution in [0.15, 0.2) is 29.2 Å². The summed E-state index contributed by atoms with van der Waals surface area (Å²) in [6, 6.07) is 5.97. The summed E-state index contributed by atoms with van der Waals surface area (Å²) in [6.45, 7) is 2.74. The van der Waals surface area contributed by atoms with Crippen molar-refractivity contribution in [3.63, 3.8) is 0 Å². The van der Waals surface area contributed by atoms with E-state index in [1.807, 2.05) is 7.05 Å². The minimum atomic E-state index is -3.79. The Balaban J connectivity index is 1.91. The predicted octanol–water partition coefficient (Wildman–Crippen LogP) is 0.720. The number of likely N-dealkylation sites (N-methyl/N-ethyl adjacent to an activating group) is 2. The lowest BCUT2D eigenvalue weighted by molar-refractivity contribution is -0.129. The molecule has 1 aliphatic heterocycles. The van der Waals surface area contributed by atoms with Gasteiger partial charge in [-0.25, -0.2) is 13.1 Å². The van der Waals surface area contributed by atoms with Crippen molar-refractivity contribution in [2.75, 3.05) is 33.7 Å². The number of nitrogens with zero attached hydrogens (tertiary/aromatic N) is 2.